The standard InChI is InChI=1S/C13H21NO3/c1-2-17-13(15)9-4-3-5-14(6-9)12-10-7-16-8-11(10)12/h9-12H,2-8H2,1H3. The second-order valence-corrected chi connectivity index (χ2v) is 5.44. The number of fused-ring (bicyclic) bond motifs is 1. The average Bonchev–Trinajstić information content (AvgIpc) is 2.83. The fourth-order valence-electron chi connectivity index (χ4n) is 3.48. The molecular weight excluding hydrogens is 218 g/mol. The van der Waals surface area contributed by atoms with Crippen molar-refractivity contribution >= 4 is 5.97 Å². The van der Waals surface area contributed by atoms with E-state index >= 15 is 0 Å². The number of ether oxygens (including phenoxy) is 2. The number of piperidine rings is 1. The van der Waals surface area contributed by atoms with Crippen molar-refractivity contribution in [2.45, 2.75) is 25.8 Å². The lowest BCUT2D eigenvalue weighted by atomic mass is 9.98. The zero-order chi connectivity index (χ0) is 11.8. The molecule has 17 heavy (non-hydrogen) atoms. The summed E-state index contributed by atoms with van der Waals surface area (Å²) in [4.78, 5) is 14.3. The number of carbonyl (C=O) groups excluding carboxylic acids is 1. The molecule has 0 aromatic heterocycles. The van der Waals surface area contributed by atoms with E-state index in [0.717, 1.165) is 51.0 Å². The molecule has 2 saturated heterocycles. The third kappa shape index (κ3) is 2.08. The molecule has 3 atom stereocenters. The molecule has 96 valence electrons. The van der Waals surface area contributed by atoms with Gasteiger partial charge in [0.25, 0.3) is 0 Å². The number of esters is 1. The number of nitrogens with zero attached hydrogens (tertiary/aromatic N) is 1. The predicted octanol–water partition coefficient (Wildman–Crippen LogP) is 0.906. The Morgan fingerprint density at radius 3 is 2.88 bits per heavy atom. The fraction of sp³-hybridized carbons (Fsp3) is 0.923. The first kappa shape index (κ1) is 11.5. The van der Waals surface area contributed by atoms with Gasteiger partial charge < -0.3 is 9.47 Å². The zero-order valence-corrected chi connectivity index (χ0v) is 10.4. The van der Waals surface area contributed by atoms with Gasteiger partial charge in [0.2, 0.25) is 0 Å². The van der Waals surface area contributed by atoms with Gasteiger partial charge in [-0.1, -0.05) is 0 Å². The second-order valence-electron chi connectivity index (χ2n) is 5.44. The molecule has 2 aliphatic heterocycles. The Hall–Kier alpha value is -0.610. The normalized spacial score (nSPS) is 41.0. The lowest BCUT2D eigenvalue weighted by Gasteiger charge is -2.32. The molecule has 0 bridgehead atoms. The van der Waals surface area contributed by atoms with Crippen molar-refractivity contribution in [3.63, 3.8) is 0 Å². The van der Waals surface area contributed by atoms with E-state index < -0.39 is 0 Å². The highest BCUT2D eigenvalue weighted by atomic mass is 16.5. The van der Waals surface area contributed by atoms with Gasteiger partial charge in [0.15, 0.2) is 0 Å². The first-order chi connectivity index (χ1) is 8.31. The Morgan fingerprint density at radius 2 is 2.18 bits per heavy atom. The van der Waals surface area contributed by atoms with Gasteiger partial charge in [-0.15, -0.1) is 0 Å². The maximum absolute atomic E-state index is 11.8. The molecule has 3 aliphatic rings. The molecule has 1 aliphatic carbocycles. The Morgan fingerprint density at radius 1 is 1.41 bits per heavy atom. The molecule has 2 heterocycles. The van der Waals surface area contributed by atoms with Gasteiger partial charge in [-0.3, -0.25) is 9.69 Å². The average molecular weight is 239 g/mol. The van der Waals surface area contributed by atoms with Gasteiger partial charge in [-0.2, -0.15) is 0 Å². The highest BCUT2D eigenvalue weighted by Gasteiger charge is 2.57. The number of hydrogen-bond donors (Lipinski definition) is 0. The van der Waals surface area contributed by atoms with Crippen LogP contribution in [-0.4, -0.2) is 49.8 Å². The van der Waals surface area contributed by atoms with Crippen LogP contribution in [0.25, 0.3) is 0 Å². The quantitative estimate of drug-likeness (QED) is 0.686. The molecule has 3 unspecified atom stereocenters. The van der Waals surface area contributed by atoms with Crippen molar-refractivity contribution in [1.29, 1.82) is 0 Å². The van der Waals surface area contributed by atoms with E-state index in [0.29, 0.717) is 12.6 Å². The summed E-state index contributed by atoms with van der Waals surface area (Å²) in [5.41, 5.74) is 0. The van der Waals surface area contributed by atoms with E-state index in [2.05, 4.69) is 4.90 Å². The molecule has 0 radical (unpaired) electrons. The summed E-state index contributed by atoms with van der Waals surface area (Å²) in [7, 11) is 0. The maximum Gasteiger partial charge on any atom is 0.310 e. The first-order valence-corrected chi connectivity index (χ1v) is 6.79. The Balaban J connectivity index is 1.55. The van der Waals surface area contributed by atoms with Crippen LogP contribution in [0.5, 0.6) is 0 Å². The topological polar surface area (TPSA) is 38.8 Å². The summed E-state index contributed by atoms with van der Waals surface area (Å²) in [5, 5.41) is 0. The van der Waals surface area contributed by atoms with E-state index in [9.17, 15) is 4.79 Å². The molecule has 3 rings (SSSR count). The van der Waals surface area contributed by atoms with Crippen LogP contribution < -0.4 is 0 Å². The van der Waals surface area contributed by atoms with Gasteiger partial charge in [-0.05, 0) is 26.3 Å². The van der Waals surface area contributed by atoms with Gasteiger partial charge in [0.1, 0.15) is 0 Å². The number of rotatable bonds is 3. The summed E-state index contributed by atoms with van der Waals surface area (Å²) in [5.74, 6) is 1.59. The van der Waals surface area contributed by atoms with Crippen molar-refractivity contribution in [3.8, 4) is 0 Å². The van der Waals surface area contributed by atoms with E-state index in [4.69, 9.17) is 9.47 Å². The summed E-state index contributed by atoms with van der Waals surface area (Å²) in [6.45, 7) is 6.27. The number of carbonyl (C=O) groups is 1. The van der Waals surface area contributed by atoms with Gasteiger partial charge in [-0.25, -0.2) is 0 Å². The zero-order valence-electron chi connectivity index (χ0n) is 10.4. The Kier molecular flexibility index (Phi) is 3.09. The van der Waals surface area contributed by atoms with Crippen LogP contribution in [0.4, 0.5) is 0 Å². The van der Waals surface area contributed by atoms with Gasteiger partial charge in [0.05, 0.1) is 25.7 Å². The van der Waals surface area contributed by atoms with Gasteiger partial charge >= 0.3 is 5.97 Å². The number of hydrogen-bond acceptors (Lipinski definition) is 4. The van der Waals surface area contributed by atoms with E-state index in [-0.39, 0.29) is 11.9 Å². The third-order valence-corrected chi connectivity index (χ3v) is 4.40. The minimum Gasteiger partial charge on any atom is -0.466 e. The van der Waals surface area contributed by atoms with Crippen LogP contribution in [0.15, 0.2) is 0 Å². The van der Waals surface area contributed by atoms with Crippen LogP contribution in [0, 0.1) is 17.8 Å². The van der Waals surface area contributed by atoms with Crippen molar-refractivity contribution < 1.29 is 14.3 Å². The summed E-state index contributed by atoms with van der Waals surface area (Å²) in [6, 6.07) is 0.695. The molecule has 3 fully saturated rings. The summed E-state index contributed by atoms with van der Waals surface area (Å²) < 4.78 is 10.6. The monoisotopic (exact) mass is 239 g/mol. The summed E-state index contributed by atoms with van der Waals surface area (Å²) in [6.07, 6.45) is 2.12. The minimum atomic E-state index is -0.000686. The molecule has 0 spiro atoms. The highest BCUT2D eigenvalue weighted by Crippen LogP contribution is 2.48. The SMILES string of the molecule is CCOC(=O)C1CCCN(C2C3COCC32)C1. The van der Waals surface area contributed by atoms with Crippen LogP contribution in [0.3, 0.4) is 0 Å². The van der Waals surface area contributed by atoms with Crippen LogP contribution >= 0.6 is 0 Å². The maximum atomic E-state index is 11.8. The molecule has 0 amide bonds. The van der Waals surface area contributed by atoms with Crippen molar-refractivity contribution in [2.75, 3.05) is 32.9 Å². The van der Waals surface area contributed by atoms with Gasteiger partial charge in [0, 0.05) is 24.4 Å². The summed E-state index contributed by atoms with van der Waals surface area (Å²) >= 11 is 0. The third-order valence-electron chi connectivity index (χ3n) is 4.40. The highest BCUT2D eigenvalue weighted by molar-refractivity contribution is 5.72. The molecule has 4 heteroatoms. The Labute approximate surface area is 102 Å². The van der Waals surface area contributed by atoms with Crippen molar-refractivity contribution in [2.24, 2.45) is 17.8 Å². The Bertz CT molecular complexity index is 297. The van der Waals surface area contributed by atoms with E-state index in [1.807, 2.05) is 6.92 Å². The number of likely N-dealkylation sites (tertiary alicyclic amines) is 1. The predicted molar refractivity (Wildman–Crippen MR) is 62.5 cm³/mol. The van der Waals surface area contributed by atoms with E-state index in [1.54, 1.807) is 0 Å². The molecule has 4 nitrogen and oxygen atoms in total. The van der Waals surface area contributed by atoms with Crippen molar-refractivity contribution in [3.05, 3.63) is 0 Å². The molecule has 0 aromatic rings. The van der Waals surface area contributed by atoms with Crippen LogP contribution in [0.1, 0.15) is 19.8 Å². The fourth-order valence-corrected chi connectivity index (χ4v) is 3.48. The van der Waals surface area contributed by atoms with Crippen molar-refractivity contribution in [1.82, 2.24) is 4.90 Å². The molecule has 0 aromatic carbocycles. The molecule has 1 saturated carbocycles. The second kappa shape index (κ2) is 4.58. The lowest BCUT2D eigenvalue weighted by molar-refractivity contribution is -0.150. The van der Waals surface area contributed by atoms with Crippen LogP contribution in [-0.2, 0) is 14.3 Å². The smallest absolute Gasteiger partial charge is 0.310 e. The first-order valence-electron chi connectivity index (χ1n) is 6.79. The lowest BCUT2D eigenvalue weighted by Crippen LogP contribution is -2.42. The van der Waals surface area contributed by atoms with Crippen LogP contribution in [0.2, 0.25) is 0 Å². The molecular formula is C13H21NO3. The molecule has 0 N–H and O–H groups in total. The largest absolute Gasteiger partial charge is 0.466 e. The van der Waals surface area contributed by atoms with E-state index in [1.165, 1.54) is 0 Å². The minimum absolute atomic E-state index is 0.000686.